The summed E-state index contributed by atoms with van der Waals surface area (Å²) >= 11 is 0. The zero-order valence-electron chi connectivity index (χ0n) is 11.8. The van der Waals surface area contributed by atoms with Crippen LogP contribution >= 0.6 is 0 Å². The molecule has 7 heteroatoms. The number of rotatable bonds is 3. The normalized spacial score (nSPS) is 12.4. The number of carbonyl (C=O) groups excluding carboxylic acids is 2. The van der Waals surface area contributed by atoms with Gasteiger partial charge in [0.2, 0.25) is 5.91 Å². The Labute approximate surface area is 125 Å². The van der Waals surface area contributed by atoms with Crippen molar-refractivity contribution >= 4 is 18.0 Å². The third kappa shape index (κ3) is 2.22. The maximum atomic E-state index is 11.8. The van der Waals surface area contributed by atoms with Crippen LogP contribution < -0.4 is 5.73 Å². The number of primary amides is 1. The Morgan fingerprint density at radius 2 is 2.05 bits per heavy atom. The van der Waals surface area contributed by atoms with Crippen molar-refractivity contribution in [2.24, 2.45) is 5.73 Å². The molecule has 0 unspecified atom stereocenters. The van der Waals surface area contributed by atoms with Gasteiger partial charge in [0.1, 0.15) is 6.61 Å². The average Bonchev–Trinajstić information content (AvgIpc) is 2.94. The van der Waals surface area contributed by atoms with E-state index in [1.165, 1.54) is 7.11 Å². The molecule has 0 saturated carbocycles. The van der Waals surface area contributed by atoms with Crippen LogP contribution in [0.3, 0.4) is 0 Å². The minimum Gasteiger partial charge on any atom is -0.496 e. The van der Waals surface area contributed by atoms with E-state index in [4.69, 9.17) is 15.2 Å². The van der Waals surface area contributed by atoms with Gasteiger partial charge in [0.05, 0.1) is 30.3 Å². The maximum Gasteiger partial charge on any atom is 0.359 e. The molecule has 22 heavy (non-hydrogen) atoms. The Kier molecular flexibility index (Phi) is 3.38. The first-order chi connectivity index (χ1) is 10.6. The number of methoxy groups -OCH3 is 1. The predicted octanol–water partition coefficient (Wildman–Crippen LogP) is 1.26. The molecule has 112 valence electrons. The Balaban J connectivity index is 2.11. The summed E-state index contributed by atoms with van der Waals surface area (Å²) in [7, 11) is 1.30. The molecule has 7 nitrogen and oxygen atoms in total. The second-order valence-electron chi connectivity index (χ2n) is 4.64. The van der Waals surface area contributed by atoms with E-state index in [9.17, 15) is 9.59 Å². The predicted molar refractivity (Wildman–Crippen MR) is 77.2 cm³/mol. The van der Waals surface area contributed by atoms with Gasteiger partial charge < -0.3 is 15.2 Å². The van der Waals surface area contributed by atoms with E-state index in [1.54, 1.807) is 41.3 Å². The number of hydrogen-bond donors (Lipinski definition) is 1. The summed E-state index contributed by atoms with van der Waals surface area (Å²) in [4.78, 5) is 23.0. The van der Waals surface area contributed by atoms with Crippen molar-refractivity contribution in [3.63, 3.8) is 0 Å². The highest BCUT2D eigenvalue weighted by Crippen LogP contribution is 2.25. The summed E-state index contributed by atoms with van der Waals surface area (Å²) in [5.74, 6) is -1.03. The number of aromatic nitrogens is 2. The molecule has 2 N–H and O–H groups in total. The van der Waals surface area contributed by atoms with Crippen molar-refractivity contribution in [1.82, 2.24) is 9.78 Å². The summed E-state index contributed by atoms with van der Waals surface area (Å²) in [5, 5.41) is 4.30. The van der Waals surface area contributed by atoms with E-state index in [-0.39, 0.29) is 12.3 Å². The van der Waals surface area contributed by atoms with Crippen LogP contribution in [0, 0.1) is 0 Å². The SMILES string of the molecule is COC(=O)c1nn(-c2ccc(C(N)=O)cc2)c2c1COC=C2. The van der Waals surface area contributed by atoms with Crippen LogP contribution in [0.2, 0.25) is 0 Å². The lowest BCUT2D eigenvalue weighted by Gasteiger charge is -2.10. The van der Waals surface area contributed by atoms with Crippen molar-refractivity contribution in [3.8, 4) is 5.69 Å². The van der Waals surface area contributed by atoms with Gasteiger partial charge in [-0.15, -0.1) is 0 Å². The van der Waals surface area contributed by atoms with Crippen LogP contribution in [0.5, 0.6) is 0 Å². The zero-order valence-corrected chi connectivity index (χ0v) is 11.8. The lowest BCUT2D eigenvalue weighted by atomic mass is 10.1. The van der Waals surface area contributed by atoms with Crippen LogP contribution in [0.1, 0.15) is 32.1 Å². The van der Waals surface area contributed by atoms with Crippen molar-refractivity contribution in [2.45, 2.75) is 6.61 Å². The van der Waals surface area contributed by atoms with Crippen LogP contribution in [0.25, 0.3) is 11.8 Å². The smallest absolute Gasteiger partial charge is 0.359 e. The molecule has 0 fully saturated rings. The van der Waals surface area contributed by atoms with E-state index >= 15 is 0 Å². The van der Waals surface area contributed by atoms with Crippen molar-refractivity contribution in [1.29, 1.82) is 0 Å². The number of carbonyl (C=O) groups is 2. The topological polar surface area (TPSA) is 96.4 Å². The molecule has 0 saturated heterocycles. The number of ether oxygens (including phenoxy) is 2. The number of nitrogens with two attached hydrogens (primary N) is 1. The van der Waals surface area contributed by atoms with Gasteiger partial charge in [-0.3, -0.25) is 4.79 Å². The molecule has 0 spiro atoms. The third-order valence-electron chi connectivity index (χ3n) is 3.35. The lowest BCUT2D eigenvalue weighted by Crippen LogP contribution is -2.11. The van der Waals surface area contributed by atoms with Crippen LogP contribution in [0.4, 0.5) is 0 Å². The Morgan fingerprint density at radius 3 is 2.68 bits per heavy atom. The van der Waals surface area contributed by atoms with Gasteiger partial charge in [0.15, 0.2) is 5.69 Å². The number of esters is 1. The summed E-state index contributed by atoms with van der Waals surface area (Å²) in [5.41, 5.74) is 7.93. The molecule has 0 bridgehead atoms. The highest BCUT2D eigenvalue weighted by molar-refractivity contribution is 5.93. The molecule has 0 atom stereocenters. The van der Waals surface area contributed by atoms with E-state index in [1.807, 2.05) is 0 Å². The first-order valence-corrected chi connectivity index (χ1v) is 6.50. The molecule has 1 amide bonds. The van der Waals surface area contributed by atoms with Crippen LogP contribution in [-0.2, 0) is 16.1 Å². The molecule has 0 aliphatic carbocycles. The van der Waals surface area contributed by atoms with Crippen molar-refractivity contribution < 1.29 is 19.1 Å². The number of fused-ring (bicyclic) bond motifs is 1. The second-order valence-corrected chi connectivity index (χ2v) is 4.64. The fourth-order valence-electron chi connectivity index (χ4n) is 2.25. The zero-order chi connectivity index (χ0) is 15.7. The van der Waals surface area contributed by atoms with Gasteiger partial charge in [-0.05, 0) is 30.3 Å². The van der Waals surface area contributed by atoms with Gasteiger partial charge in [-0.2, -0.15) is 5.10 Å². The largest absolute Gasteiger partial charge is 0.496 e. The van der Waals surface area contributed by atoms with Gasteiger partial charge in [0.25, 0.3) is 0 Å². The van der Waals surface area contributed by atoms with Crippen LogP contribution in [-0.4, -0.2) is 28.8 Å². The van der Waals surface area contributed by atoms with Crippen molar-refractivity contribution in [2.75, 3.05) is 7.11 Å². The summed E-state index contributed by atoms with van der Waals surface area (Å²) < 4.78 is 11.6. The quantitative estimate of drug-likeness (QED) is 0.861. The molecule has 2 heterocycles. The molecular weight excluding hydrogens is 286 g/mol. The summed E-state index contributed by atoms with van der Waals surface area (Å²) in [6.07, 6.45) is 3.26. The lowest BCUT2D eigenvalue weighted by molar-refractivity contribution is 0.0589. The van der Waals surface area contributed by atoms with Gasteiger partial charge >= 0.3 is 5.97 Å². The standard InChI is InChI=1S/C15H13N3O4/c1-21-15(20)13-11-8-22-7-6-12(11)18(17-13)10-4-2-9(3-5-10)14(16)19/h2-7H,8H2,1H3,(H2,16,19). The minimum atomic E-state index is -0.525. The molecule has 3 rings (SSSR count). The van der Waals surface area contributed by atoms with Crippen molar-refractivity contribution in [3.05, 3.63) is 53.0 Å². The highest BCUT2D eigenvalue weighted by atomic mass is 16.5. The molecular formula is C15H13N3O4. The molecule has 1 aromatic heterocycles. The first kappa shape index (κ1) is 13.9. The van der Waals surface area contributed by atoms with Gasteiger partial charge in [0, 0.05) is 5.56 Å². The Hall–Kier alpha value is -3.09. The third-order valence-corrected chi connectivity index (χ3v) is 3.35. The maximum absolute atomic E-state index is 11.8. The van der Waals surface area contributed by atoms with E-state index in [2.05, 4.69) is 5.10 Å². The summed E-state index contributed by atoms with van der Waals surface area (Å²) in [6, 6.07) is 6.62. The molecule has 0 radical (unpaired) electrons. The van der Waals surface area contributed by atoms with Gasteiger partial charge in [-0.1, -0.05) is 0 Å². The van der Waals surface area contributed by atoms with Crippen LogP contribution in [0.15, 0.2) is 30.5 Å². The molecule has 1 aromatic carbocycles. The Bertz CT molecular complexity index is 775. The monoisotopic (exact) mass is 299 g/mol. The average molecular weight is 299 g/mol. The Morgan fingerprint density at radius 1 is 1.32 bits per heavy atom. The fraction of sp³-hybridized carbons (Fsp3) is 0.133. The van der Waals surface area contributed by atoms with E-state index in [0.29, 0.717) is 16.8 Å². The summed E-state index contributed by atoms with van der Waals surface area (Å²) in [6.45, 7) is 0.246. The number of amides is 1. The second kappa shape index (κ2) is 5.36. The minimum absolute atomic E-state index is 0.209. The first-order valence-electron chi connectivity index (χ1n) is 6.50. The highest BCUT2D eigenvalue weighted by Gasteiger charge is 2.25. The fourth-order valence-corrected chi connectivity index (χ4v) is 2.25. The molecule has 1 aliphatic rings. The van der Waals surface area contributed by atoms with Gasteiger partial charge in [-0.25, -0.2) is 9.48 Å². The number of benzene rings is 1. The number of nitrogens with zero attached hydrogens (tertiary/aromatic N) is 2. The van der Waals surface area contributed by atoms with E-state index in [0.717, 1.165) is 5.69 Å². The van der Waals surface area contributed by atoms with E-state index < -0.39 is 11.9 Å². The number of hydrogen-bond acceptors (Lipinski definition) is 5. The molecule has 1 aliphatic heterocycles. The molecule has 2 aromatic rings.